The summed E-state index contributed by atoms with van der Waals surface area (Å²) in [6.45, 7) is 2.68. The number of halogens is 1. The molecule has 2 bridgehead atoms. The highest BCUT2D eigenvalue weighted by Crippen LogP contribution is 2.33. The second-order valence-electron chi connectivity index (χ2n) is 6.87. The van der Waals surface area contributed by atoms with Crippen molar-refractivity contribution in [3.8, 4) is 11.1 Å². The molecule has 2 atom stereocenters. The highest BCUT2D eigenvalue weighted by Gasteiger charge is 2.31. The number of pyridine rings is 1. The maximum Gasteiger partial charge on any atom is 0.251 e. The number of benzene rings is 1. The van der Waals surface area contributed by atoms with Crippen molar-refractivity contribution < 1.29 is 8.42 Å². The zero-order valence-corrected chi connectivity index (χ0v) is 15.6. The Hall–Kier alpha value is -1.63. The molecule has 1 fully saturated rings. The van der Waals surface area contributed by atoms with Gasteiger partial charge in [-0.1, -0.05) is 12.1 Å². The Morgan fingerprint density at radius 3 is 2.48 bits per heavy atom. The summed E-state index contributed by atoms with van der Waals surface area (Å²) in [6, 6.07) is 10.5. The zero-order chi connectivity index (χ0) is 16.9. The van der Waals surface area contributed by atoms with Gasteiger partial charge in [0.1, 0.15) is 0 Å². The first kappa shape index (κ1) is 18.2. The highest BCUT2D eigenvalue weighted by molar-refractivity contribution is 7.90. The van der Waals surface area contributed by atoms with Crippen LogP contribution in [0.5, 0.6) is 0 Å². The first-order valence-electron chi connectivity index (χ1n) is 8.18. The van der Waals surface area contributed by atoms with Crippen LogP contribution in [-0.2, 0) is 16.4 Å². The topological polar surface area (TPSA) is 68.2 Å². The smallest absolute Gasteiger partial charge is 0.251 e. The Kier molecular flexibility index (Phi) is 4.79. The van der Waals surface area contributed by atoms with E-state index >= 15 is 0 Å². The van der Waals surface area contributed by atoms with E-state index in [2.05, 4.69) is 11.4 Å². The van der Waals surface area contributed by atoms with Crippen LogP contribution in [0.2, 0.25) is 0 Å². The molecule has 4 rings (SSSR count). The van der Waals surface area contributed by atoms with Gasteiger partial charge in [0.15, 0.2) is 9.84 Å². The highest BCUT2D eigenvalue weighted by atomic mass is 35.5. The number of hydrogen-bond donors (Lipinski definition) is 1. The molecule has 1 saturated heterocycles. The zero-order valence-electron chi connectivity index (χ0n) is 13.9. The van der Waals surface area contributed by atoms with Gasteiger partial charge in [0.2, 0.25) is 0 Å². The molecule has 5 nitrogen and oxygen atoms in total. The van der Waals surface area contributed by atoms with Crippen molar-refractivity contribution in [2.45, 2.75) is 23.8 Å². The van der Waals surface area contributed by atoms with Gasteiger partial charge in [-0.05, 0) is 48.2 Å². The molecule has 2 aliphatic rings. The van der Waals surface area contributed by atoms with E-state index in [1.807, 2.05) is 4.57 Å². The number of nitrogens with one attached hydrogen (secondary N) is 1. The molecule has 0 amide bonds. The summed E-state index contributed by atoms with van der Waals surface area (Å²) < 4.78 is 25.1. The predicted molar refractivity (Wildman–Crippen MR) is 100 cm³/mol. The minimum absolute atomic E-state index is 0. The summed E-state index contributed by atoms with van der Waals surface area (Å²) in [4.78, 5) is 12.9. The second kappa shape index (κ2) is 6.59. The Labute approximate surface area is 153 Å². The van der Waals surface area contributed by atoms with Crippen LogP contribution in [-0.4, -0.2) is 32.3 Å². The molecule has 2 aliphatic heterocycles. The Balaban J connectivity index is 0.00000182. The molecule has 1 N–H and O–H groups in total. The number of nitrogens with zero attached hydrogens (tertiary/aromatic N) is 1. The lowest BCUT2D eigenvalue weighted by atomic mass is 9.83. The molecule has 0 aliphatic carbocycles. The predicted octanol–water partition coefficient (Wildman–Crippen LogP) is 2.05. The van der Waals surface area contributed by atoms with E-state index in [1.54, 1.807) is 30.3 Å². The van der Waals surface area contributed by atoms with Gasteiger partial charge >= 0.3 is 0 Å². The maximum absolute atomic E-state index is 12.6. The summed E-state index contributed by atoms with van der Waals surface area (Å²) in [5.74, 6) is 0.911. The summed E-state index contributed by atoms with van der Waals surface area (Å²) in [5, 5.41) is 3.45. The molecule has 1 aromatic carbocycles. The third-order valence-corrected chi connectivity index (χ3v) is 6.20. The van der Waals surface area contributed by atoms with Crippen molar-refractivity contribution in [2.24, 2.45) is 5.92 Å². The van der Waals surface area contributed by atoms with Crippen LogP contribution in [0, 0.1) is 5.92 Å². The Morgan fingerprint density at radius 2 is 1.80 bits per heavy atom. The van der Waals surface area contributed by atoms with Gasteiger partial charge in [-0.15, -0.1) is 12.4 Å². The lowest BCUT2D eigenvalue weighted by Crippen LogP contribution is -2.44. The number of aromatic nitrogens is 1. The third kappa shape index (κ3) is 3.38. The van der Waals surface area contributed by atoms with Crippen molar-refractivity contribution in [3.63, 3.8) is 0 Å². The van der Waals surface area contributed by atoms with Crippen LogP contribution in [0.4, 0.5) is 0 Å². The minimum Gasteiger partial charge on any atom is -0.316 e. The molecular weight excluding hydrogens is 360 g/mol. The fourth-order valence-corrected chi connectivity index (χ4v) is 4.50. The van der Waals surface area contributed by atoms with Crippen molar-refractivity contribution in [1.82, 2.24) is 9.88 Å². The fraction of sp³-hybridized carbons (Fsp3) is 0.389. The van der Waals surface area contributed by atoms with Gasteiger partial charge < -0.3 is 9.88 Å². The van der Waals surface area contributed by atoms with Gasteiger partial charge in [-0.25, -0.2) is 8.42 Å². The molecule has 7 heteroatoms. The molecule has 3 heterocycles. The number of fused-ring (bicyclic) bond motifs is 4. The monoisotopic (exact) mass is 380 g/mol. The molecule has 0 saturated carbocycles. The summed E-state index contributed by atoms with van der Waals surface area (Å²) in [7, 11) is -3.21. The summed E-state index contributed by atoms with van der Waals surface area (Å²) in [6.07, 6.45) is 2.32. The van der Waals surface area contributed by atoms with Crippen molar-refractivity contribution in [2.75, 3.05) is 19.3 Å². The number of hydrogen-bond acceptors (Lipinski definition) is 4. The van der Waals surface area contributed by atoms with Crippen LogP contribution in [0.15, 0.2) is 46.1 Å². The van der Waals surface area contributed by atoms with Crippen LogP contribution in [0.1, 0.15) is 18.0 Å². The molecular formula is C18H21ClN2O3S. The second-order valence-corrected chi connectivity index (χ2v) is 8.89. The van der Waals surface area contributed by atoms with E-state index < -0.39 is 9.84 Å². The van der Waals surface area contributed by atoms with Gasteiger partial charge in [0.25, 0.3) is 5.56 Å². The number of rotatable bonds is 2. The van der Waals surface area contributed by atoms with E-state index in [4.69, 9.17) is 0 Å². The third-order valence-electron chi connectivity index (χ3n) is 5.08. The Morgan fingerprint density at radius 1 is 1.08 bits per heavy atom. The van der Waals surface area contributed by atoms with Gasteiger partial charge in [-0.2, -0.15) is 0 Å². The first-order chi connectivity index (χ1) is 11.4. The van der Waals surface area contributed by atoms with Gasteiger partial charge in [0, 0.05) is 37.0 Å². The van der Waals surface area contributed by atoms with Crippen LogP contribution < -0.4 is 10.9 Å². The van der Waals surface area contributed by atoms with Crippen LogP contribution in [0.25, 0.3) is 11.1 Å². The quantitative estimate of drug-likeness (QED) is 0.865. The average molecular weight is 381 g/mol. The van der Waals surface area contributed by atoms with Crippen molar-refractivity contribution >= 4 is 22.2 Å². The van der Waals surface area contributed by atoms with Gasteiger partial charge in [-0.3, -0.25) is 4.79 Å². The first-order valence-corrected chi connectivity index (χ1v) is 10.1. The molecule has 25 heavy (non-hydrogen) atoms. The number of sulfone groups is 1. The van der Waals surface area contributed by atoms with Crippen LogP contribution >= 0.6 is 12.4 Å². The largest absolute Gasteiger partial charge is 0.316 e. The van der Waals surface area contributed by atoms with Crippen molar-refractivity contribution in [3.05, 3.63) is 52.4 Å². The normalized spacial score (nSPS) is 22.0. The molecule has 1 aromatic heterocycles. The minimum atomic E-state index is -3.21. The molecule has 0 unspecified atom stereocenters. The lowest BCUT2D eigenvalue weighted by Gasteiger charge is -2.37. The fourth-order valence-electron chi connectivity index (χ4n) is 3.87. The summed E-state index contributed by atoms with van der Waals surface area (Å²) in [5.41, 5.74) is 2.85. The van der Waals surface area contributed by atoms with Gasteiger partial charge in [0.05, 0.1) is 4.90 Å². The molecule has 134 valence electrons. The van der Waals surface area contributed by atoms with E-state index in [0.29, 0.717) is 16.7 Å². The maximum atomic E-state index is 12.6. The Bertz CT molecular complexity index is 951. The average Bonchev–Trinajstić information content (AvgIpc) is 2.55. The van der Waals surface area contributed by atoms with E-state index in [1.165, 1.54) is 6.26 Å². The molecule has 2 aromatic rings. The van der Waals surface area contributed by atoms with E-state index in [0.717, 1.165) is 42.9 Å². The SMILES string of the molecule is CS(=O)(=O)c1ccc(-c2cc3n(c(=O)c2)C[C@@H]2CNC[C@H]3C2)cc1.Cl. The molecule has 0 spiro atoms. The van der Waals surface area contributed by atoms with Crippen molar-refractivity contribution in [1.29, 1.82) is 0 Å². The lowest BCUT2D eigenvalue weighted by molar-refractivity contribution is 0.257. The van der Waals surface area contributed by atoms with E-state index in [9.17, 15) is 13.2 Å². The van der Waals surface area contributed by atoms with Crippen LogP contribution in [0.3, 0.4) is 0 Å². The molecule has 0 radical (unpaired) electrons. The van der Waals surface area contributed by atoms with E-state index in [-0.39, 0.29) is 18.0 Å². The number of piperidine rings is 1. The standard InChI is InChI=1S/C18H20N2O3S.ClH/c1-24(22,23)16-4-2-13(3-5-16)14-7-17-15-6-12(9-19-10-15)11-20(17)18(21)8-14;/h2-5,7-8,12,15,19H,6,9-11H2,1H3;1H/t12-,15+;/m0./s1. The summed E-state index contributed by atoms with van der Waals surface area (Å²) >= 11 is 0.